The topological polar surface area (TPSA) is 20.3 Å². The van der Waals surface area contributed by atoms with Gasteiger partial charge in [-0.25, -0.2) is 8.78 Å². The predicted octanol–water partition coefficient (Wildman–Crippen LogP) is 3.66. The van der Waals surface area contributed by atoms with Gasteiger partial charge in [0.15, 0.2) is 17.4 Å². The quantitative estimate of drug-likeness (QED) is 0.785. The Hall–Kier alpha value is -1.29. The second-order valence-electron chi connectivity index (χ2n) is 5.85. The molecule has 0 radical (unpaired) electrons. The van der Waals surface area contributed by atoms with Crippen molar-refractivity contribution in [2.45, 2.75) is 39.2 Å². The molecule has 1 saturated heterocycles. The van der Waals surface area contributed by atoms with Crippen molar-refractivity contribution in [1.82, 2.24) is 4.90 Å². The standard InChI is InChI=1S/C16H21F2NO/c1-11(2)19-7-3-4-12(10-19)8-16(20)13-5-6-14(17)15(18)9-13/h5-6,9,11-12H,3-4,7-8,10H2,1-2H3/t12-/m0/s1. The largest absolute Gasteiger partial charge is 0.301 e. The average molecular weight is 281 g/mol. The Bertz CT molecular complexity index is 487. The molecular formula is C16H21F2NO. The van der Waals surface area contributed by atoms with Crippen molar-refractivity contribution in [2.75, 3.05) is 13.1 Å². The summed E-state index contributed by atoms with van der Waals surface area (Å²) in [5.74, 6) is -1.65. The number of hydrogen-bond donors (Lipinski definition) is 0. The van der Waals surface area contributed by atoms with E-state index in [0.717, 1.165) is 38.1 Å². The number of hydrogen-bond acceptors (Lipinski definition) is 2. The molecule has 1 aliphatic heterocycles. The number of rotatable bonds is 4. The van der Waals surface area contributed by atoms with Crippen molar-refractivity contribution >= 4 is 5.78 Å². The zero-order valence-electron chi connectivity index (χ0n) is 12.0. The van der Waals surface area contributed by atoms with Crippen LogP contribution in [0.15, 0.2) is 18.2 Å². The van der Waals surface area contributed by atoms with Crippen molar-refractivity contribution in [2.24, 2.45) is 5.92 Å². The number of carbonyl (C=O) groups excluding carboxylic acids is 1. The Labute approximate surface area is 118 Å². The third-order valence-electron chi connectivity index (χ3n) is 4.00. The molecule has 1 fully saturated rings. The monoisotopic (exact) mass is 281 g/mol. The molecule has 1 heterocycles. The van der Waals surface area contributed by atoms with Crippen LogP contribution in [0.2, 0.25) is 0 Å². The van der Waals surface area contributed by atoms with Crippen molar-refractivity contribution in [1.29, 1.82) is 0 Å². The highest BCUT2D eigenvalue weighted by molar-refractivity contribution is 5.96. The Morgan fingerprint density at radius 1 is 1.35 bits per heavy atom. The Balaban J connectivity index is 1.98. The molecule has 0 amide bonds. The van der Waals surface area contributed by atoms with Gasteiger partial charge in [-0.2, -0.15) is 0 Å². The van der Waals surface area contributed by atoms with Crippen LogP contribution in [0.1, 0.15) is 43.5 Å². The number of benzene rings is 1. The van der Waals surface area contributed by atoms with Crippen molar-refractivity contribution in [3.8, 4) is 0 Å². The van der Waals surface area contributed by atoms with Crippen LogP contribution in [0.3, 0.4) is 0 Å². The number of carbonyl (C=O) groups is 1. The van der Waals surface area contributed by atoms with E-state index in [1.54, 1.807) is 0 Å². The van der Waals surface area contributed by atoms with Crippen molar-refractivity contribution in [3.63, 3.8) is 0 Å². The van der Waals surface area contributed by atoms with Gasteiger partial charge >= 0.3 is 0 Å². The summed E-state index contributed by atoms with van der Waals surface area (Å²) in [7, 11) is 0. The van der Waals surface area contributed by atoms with Crippen LogP contribution in [-0.2, 0) is 0 Å². The van der Waals surface area contributed by atoms with Crippen LogP contribution in [0.25, 0.3) is 0 Å². The van der Waals surface area contributed by atoms with E-state index < -0.39 is 11.6 Å². The molecular weight excluding hydrogens is 260 g/mol. The molecule has 0 unspecified atom stereocenters. The number of piperidine rings is 1. The highest BCUT2D eigenvalue weighted by Gasteiger charge is 2.24. The summed E-state index contributed by atoms with van der Waals surface area (Å²) in [5.41, 5.74) is 0.269. The molecule has 2 rings (SSSR count). The third kappa shape index (κ3) is 3.63. The first-order valence-corrected chi connectivity index (χ1v) is 7.19. The molecule has 1 atom stereocenters. The molecule has 0 aliphatic carbocycles. The first kappa shape index (κ1) is 15.1. The summed E-state index contributed by atoms with van der Waals surface area (Å²) in [6.07, 6.45) is 2.53. The van der Waals surface area contributed by atoms with Gasteiger partial charge in [0.25, 0.3) is 0 Å². The van der Waals surface area contributed by atoms with Gasteiger partial charge in [-0.15, -0.1) is 0 Å². The molecule has 110 valence electrons. The van der Waals surface area contributed by atoms with E-state index in [1.165, 1.54) is 6.07 Å². The van der Waals surface area contributed by atoms with Crippen LogP contribution in [-0.4, -0.2) is 29.8 Å². The Morgan fingerprint density at radius 3 is 2.75 bits per heavy atom. The normalized spacial score (nSPS) is 20.4. The number of Topliss-reactive ketones (excluding diaryl/α,β-unsaturated/α-hetero) is 1. The lowest BCUT2D eigenvalue weighted by Crippen LogP contribution is -2.40. The van der Waals surface area contributed by atoms with Gasteiger partial charge in [0.1, 0.15) is 0 Å². The average Bonchev–Trinajstić information content (AvgIpc) is 2.42. The second kappa shape index (κ2) is 6.44. The molecule has 4 heteroatoms. The first-order valence-electron chi connectivity index (χ1n) is 7.19. The van der Waals surface area contributed by atoms with E-state index in [0.29, 0.717) is 18.4 Å². The maximum absolute atomic E-state index is 13.2. The number of likely N-dealkylation sites (tertiary alicyclic amines) is 1. The van der Waals surface area contributed by atoms with Crippen LogP contribution in [0, 0.1) is 17.6 Å². The van der Waals surface area contributed by atoms with Gasteiger partial charge in [0.2, 0.25) is 0 Å². The maximum Gasteiger partial charge on any atom is 0.163 e. The molecule has 0 bridgehead atoms. The first-order chi connectivity index (χ1) is 9.47. The zero-order chi connectivity index (χ0) is 14.7. The summed E-state index contributed by atoms with van der Waals surface area (Å²) in [5, 5.41) is 0. The van der Waals surface area contributed by atoms with E-state index >= 15 is 0 Å². The highest BCUT2D eigenvalue weighted by atomic mass is 19.2. The van der Waals surface area contributed by atoms with Gasteiger partial charge in [-0.05, 0) is 57.4 Å². The van der Waals surface area contributed by atoms with E-state index in [-0.39, 0.29) is 11.3 Å². The molecule has 2 nitrogen and oxygen atoms in total. The second-order valence-corrected chi connectivity index (χ2v) is 5.85. The lowest BCUT2D eigenvalue weighted by Gasteiger charge is -2.35. The fourth-order valence-corrected chi connectivity index (χ4v) is 2.78. The maximum atomic E-state index is 13.2. The molecule has 0 N–H and O–H groups in total. The van der Waals surface area contributed by atoms with E-state index in [1.807, 2.05) is 0 Å². The molecule has 0 aromatic heterocycles. The highest BCUT2D eigenvalue weighted by Crippen LogP contribution is 2.23. The van der Waals surface area contributed by atoms with Crippen LogP contribution >= 0.6 is 0 Å². The number of ketones is 1. The molecule has 0 saturated carbocycles. The fourth-order valence-electron chi connectivity index (χ4n) is 2.78. The summed E-state index contributed by atoms with van der Waals surface area (Å²) in [6.45, 7) is 6.29. The van der Waals surface area contributed by atoms with Gasteiger partial charge < -0.3 is 4.90 Å². The third-order valence-corrected chi connectivity index (χ3v) is 4.00. The molecule has 1 aromatic carbocycles. The minimum atomic E-state index is -0.955. The Kier molecular flexibility index (Phi) is 4.86. The minimum Gasteiger partial charge on any atom is -0.301 e. The summed E-state index contributed by atoms with van der Waals surface area (Å²) < 4.78 is 26.0. The van der Waals surface area contributed by atoms with Gasteiger partial charge in [-0.1, -0.05) is 0 Å². The van der Waals surface area contributed by atoms with Crippen LogP contribution in [0.4, 0.5) is 8.78 Å². The SMILES string of the molecule is CC(C)N1CCC[C@@H](CC(=O)c2ccc(F)c(F)c2)C1. The van der Waals surface area contributed by atoms with E-state index in [9.17, 15) is 13.6 Å². The lowest BCUT2D eigenvalue weighted by molar-refractivity contribution is 0.0889. The predicted molar refractivity (Wildman–Crippen MR) is 74.7 cm³/mol. The lowest BCUT2D eigenvalue weighted by atomic mass is 9.90. The smallest absolute Gasteiger partial charge is 0.163 e. The fraction of sp³-hybridized carbons (Fsp3) is 0.562. The van der Waals surface area contributed by atoms with Crippen LogP contribution < -0.4 is 0 Å². The molecule has 20 heavy (non-hydrogen) atoms. The van der Waals surface area contributed by atoms with Crippen molar-refractivity contribution < 1.29 is 13.6 Å². The minimum absolute atomic E-state index is 0.0977. The number of halogens is 2. The van der Waals surface area contributed by atoms with Crippen LogP contribution in [0.5, 0.6) is 0 Å². The summed E-state index contributed by atoms with van der Waals surface area (Å²) >= 11 is 0. The Morgan fingerprint density at radius 2 is 2.10 bits per heavy atom. The van der Waals surface area contributed by atoms with E-state index in [4.69, 9.17) is 0 Å². The summed E-state index contributed by atoms with van der Waals surface area (Å²) in [6, 6.07) is 3.87. The molecule has 1 aromatic rings. The molecule has 1 aliphatic rings. The van der Waals surface area contributed by atoms with Gasteiger partial charge in [0, 0.05) is 24.6 Å². The van der Waals surface area contributed by atoms with Gasteiger partial charge in [0.05, 0.1) is 0 Å². The molecule has 0 spiro atoms. The summed E-state index contributed by atoms with van der Waals surface area (Å²) in [4.78, 5) is 14.5. The zero-order valence-corrected chi connectivity index (χ0v) is 12.0. The van der Waals surface area contributed by atoms with Crippen molar-refractivity contribution in [3.05, 3.63) is 35.4 Å². The number of nitrogens with zero attached hydrogens (tertiary/aromatic N) is 1. The van der Waals surface area contributed by atoms with Gasteiger partial charge in [-0.3, -0.25) is 4.79 Å². The van der Waals surface area contributed by atoms with E-state index in [2.05, 4.69) is 18.7 Å².